The third-order valence-electron chi connectivity index (χ3n) is 3.85. The topological polar surface area (TPSA) is 108 Å². The second-order valence-electron chi connectivity index (χ2n) is 5.91. The van der Waals surface area contributed by atoms with E-state index in [1.165, 1.54) is 31.4 Å². The predicted molar refractivity (Wildman–Crippen MR) is 106 cm³/mol. The van der Waals surface area contributed by atoms with E-state index in [-0.39, 0.29) is 27.6 Å². The number of nitro benzene ring substituents is 1. The van der Waals surface area contributed by atoms with Crippen molar-refractivity contribution in [2.75, 3.05) is 13.7 Å². The fourth-order valence-corrected chi connectivity index (χ4v) is 3.31. The molecule has 0 saturated carbocycles. The van der Waals surface area contributed by atoms with Crippen molar-refractivity contribution in [2.24, 2.45) is 4.40 Å². The molecule has 8 nitrogen and oxygen atoms in total. The summed E-state index contributed by atoms with van der Waals surface area (Å²) in [5.41, 5.74) is -0.0987. The van der Waals surface area contributed by atoms with Gasteiger partial charge in [-0.05, 0) is 24.6 Å². The van der Waals surface area contributed by atoms with Gasteiger partial charge in [0.05, 0.1) is 23.5 Å². The van der Waals surface area contributed by atoms with Crippen LogP contribution in [0.2, 0.25) is 0 Å². The van der Waals surface area contributed by atoms with Crippen LogP contribution in [-0.4, -0.2) is 33.3 Å². The monoisotopic (exact) mass is 406 g/mol. The Bertz CT molecular complexity index is 942. The highest BCUT2D eigenvalue weighted by molar-refractivity contribution is 7.90. The number of hydrogen-bond donors (Lipinski definition) is 0. The highest BCUT2D eigenvalue weighted by atomic mass is 32.2. The molecule has 28 heavy (non-hydrogen) atoms. The zero-order chi connectivity index (χ0) is 20.6. The van der Waals surface area contributed by atoms with Crippen LogP contribution in [0, 0.1) is 10.1 Å². The van der Waals surface area contributed by atoms with Crippen LogP contribution in [0.3, 0.4) is 0 Å². The molecular formula is C19H22N2O6S. The van der Waals surface area contributed by atoms with Gasteiger partial charge in [0.15, 0.2) is 5.75 Å². The zero-order valence-electron chi connectivity index (χ0n) is 15.7. The summed E-state index contributed by atoms with van der Waals surface area (Å²) in [6.45, 7) is 2.36. The molecule has 0 heterocycles. The van der Waals surface area contributed by atoms with Gasteiger partial charge in [-0.25, -0.2) is 0 Å². The summed E-state index contributed by atoms with van der Waals surface area (Å²) < 4.78 is 38.9. The highest BCUT2D eigenvalue weighted by Crippen LogP contribution is 2.38. The normalized spacial score (nSPS) is 11.5. The maximum atomic E-state index is 12.3. The van der Waals surface area contributed by atoms with Crippen LogP contribution in [-0.2, 0) is 10.0 Å². The van der Waals surface area contributed by atoms with Crippen molar-refractivity contribution < 1.29 is 22.8 Å². The summed E-state index contributed by atoms with van der Waals surface area (Å²) in [6.07, 6.45) is 3.75. The molecule has 0 spiro atoms. The van der Waals surface area contributed by atoms with E-state index in [1.54, 1.807) is 18.2 Å². The summed E-state index contributed by atoms with van der Waals surface area (Å²) in [4.78, 5) is 10.9. The molecule has 0 bridgehead atoms. The lowest BCUT2D eigenvalue weighted by molar-refractivity contribution is -0.386. The lowest BCUT2D eigenvalue weighted by Crippen LogP contribution is -2.04. The molecule has 2 aromatic carbocycles. The van der Waals surface area contributed by atoms with Crippen LogP contribution in [0.5, 0.6) is 11.5 Å². The number of methoxy groups -OCH3 is 1. The molecule has 2 aromatic rings. The molecule has 0 radical (unpaired) electrons. The first-order valence-electron chi connectivity index (χ1n) is 8.73. The molecule has 0 aliphatic rings. The minimum absolute atomic E-state index is 0.0201. The number of unbranched alkanes of at least 4 members (excludes halogenated alkanes) is 2. The summed E-state index contributed by atoms with van der Waals surface area (Å²) >= 11 is 0. The van der Waals surface area contributed by atoms with E-state index in [1.807, 2.05) is 6.92 Å². The van der Waals surface area contributed by atoms with E-state index < -0.39 is 14.9 Å². The average molecular weight is 406 g/mol. The Morgan fingerprint density at radius 2 is 1.89 bits per heavy atom. The van der Waals surface area contributed by atoms with Gasteiger partial charge < -0.3 is 9.47 Å². The van der Waals surface area contributed by atoms with Gasteiger partial charge in [-0.15, -0.1) is 0 Å². The number of ether oxygens (including phenoxy) is 2. The molecule has 0 aliphatic carbocycles. The van der Waals surface area contributed by atoms with Crippen LogP contribution in [0.15, 0.2) is 51.8 Å². The number of rotatable bonds is 10. The van der Waals surface area contributed by atoms with E-state index in [9.17, 15) is 18.5 Å². The summed E-state index contributed by atoms with van der Waals surface area (Å²) in [5.74, 6) is 0.163. The minimum Gasteiger partial charge on any atom is -0.493 e. The van der Waals surface area contributed by atoms with Crippen LogP contribution in [0.4, 0.5) is 5.69 Å². The summed E-state index contributed by atoms with van der Waals surface area (Å²) in [6, 6.07) is 10.4. The Balaban J connectivity index is 2.35. The van der Waals surface area contributed by atoms with Gasteiger partial charge in [-0.3, -0.25) is 10.1 Å². The van der Waals surface area contributed by atoms with Gasteiger partial charge in [0.2, 0.25) is 5.75 Å². The van der Waals surface area contributed by atoms with E-state index in [2.05, 4.69) is 4.40 Å². The molecule has 0 aliphatic heterocycles. The van der Waals surface area contributed by atoms with Crippen molar-refractivity contribution in [3.63, 3.8) is 0 Å². The molecule has 0 aromatic heterocycles. The Morgan fingerprint density at radius 3 is 2.50 bits per heavy atom. The van der Waals surface area contributed by atoms with Gasteiger partial charge in [0.25, 0.3) is 10.0 Å². The first-order valence-corrected chi connectivity index (χ1v) is 10.2. The Labute approximate surface area is 164 Å². The SMILES string of the molecule is CCCCCOc1c(OC)cc(/C=N\S(=O)(=O)c2ccccc2)cc1[N+](=O)[O-]. The standard InChI is InChI=1S/C19H22N2O6S/c1-3-4-8-11-27-19-17(21(22)23)12-15(13-18(19)26-2)14-20-28(24,25)16-9-6-5-7-10-16/h5-7,9-10,12-14H,3-4,8,11H2,1-2H3/b20-14-. The second kappa shape index (κ2) is 9.84. The van der Waals surface area contributed by atoms with E-state index in [0.717, 1.165) is 25.5 Å². The van der Waals surface area contributed by atoms with Crippen molar-refractivity contribution in [1.82, 2.24) is 0 Å². The quantitative estimate of drug-likeness (QED) is 0.256. The second-order valence-corrected chi connectivity index (χ2v) is 7.54. The number of benzene rings is 2. The molecule has 9 heteroatoms. The zero-order valence-corrected chi connectivity index (χ0v) is 16.5. The van der Waals surface area contributed by atoms with Crippen LogP contribution in [0.25, 0.3) is 0 Å². The molecule has 0 unspecified atom stereocenters. The Hall–Kier alpha value is -2.94. The molecule has 0 amide bonds. The predicted octanol–water partition coefficient (Wildman–Crippen LogP) is 3.98. The maximum absolute atomic E-state index is 12.3. The van der Waals surface area contributed by atoms with Crippen molar-refractivity contribution in [1.29, 1.82) is 0 Å². The number of nitro groups is 1. The van der Waals surface area contributed by atoms with Crippen LogP contribution >= 0.6 is 0 Å². The number of sulfonamides is 1. The minimum atomic E-state index is -3.91. The molecule has 0 atom stereocenters. The van der Waals surface area contributed by atoms with Crippen molar-refractivity contribution in [3.8, 4) is 11.5 Å². The van der Waals surface area contributed by atoms with Gasteiger partial charge >= 0.3 is 5.69 Å². The van der Waals surface area contributed by atoms with E-state index in [4.69, 9.17) is 9.47 Å². The Kier molecular flexibility index (Phi) is 7.51. The Morgan fingerprint density at radius 1 is 1.18 bits per heavy atom. The van der Waals surface area contributed by atoms with Gasteiger partial charge in [-0.2, -0.15) is 12.8 Å². The first kappa shape index (κ1) is 21.4. The van der Waals surface area contributed by atoms with Crippen LogP contribution < -0.4 is 9.47 Å². The fraction of sp³-hybridized carbons (Fsp3) is 0.316. The maximum Gasteiger partial charge on any atom is 0.315 e. The summed E-state index contributed by atoms with van der Waals surface area (Å²) in [5, 5.41) is 11.5. The third kappa shape index (κ3) is 5.53. The number of nitrogens with zero attached hydrogens (tertiary/aromatic N) is 2. The van der Waals surface area contributed by atoms with Crippen molar-refractivity contribution in [2.45, 2.75) is 31.1 Å². The van der Waals surface area contributed by atoms with Crippen LogP contribution in [0.1, 0.15) is 31.7 Å². The molecule has 2 rings (SSSR count). The summed E-state index contributed by atoms with van der Waals surface area (Å²) in [7, 11) is -2.55. The molecular weight excluding hydrogens is 384 g/mol. The highest BCUT2D eigenvalue weighted by Gasteiger charge is 2.22. The molecule has 0 fully saturated rings. The van der Waals surface area contributed by atoms with Gasteiger partial charge in [0.1, 0.15) is 0 Å². The third-order valence-corrected chi connectivity index (χ3v) is 5.10. The lowest BCUT2D eigenvalue weighted by atomic mass is 10.2. The van der Waals surface area contributed by atoms with Gasteiger partial charge in [0, 0.05) is 17.8 Å². The molecule has 150 valence electrons. The van der Waals surface area contributed by atoms with E-state index >= 15 is 0 Å². The first-order chi connectivity index (χ1) is 13.4. The van der Waals surface area contributed by atoms with Crippen molar-refractivity contribution in [3.05, 3.63) is 58.1 Å². The fourth-order valence-electron chi connectivity index (χ4n) is 2.42. The van der Waals surface area contributed by atoms with E-state index in [0.29, 0.717) is 6.61 Å². The molecule has 0 N–H and O–H groups in total. The molecule has 0 saturated heterocycles. The number of hydrogen-bond acceptors (Lipinski definition) is 6. The smallest absolute Gasteiger partial charge is 0.315 e. The average Bonchev–Trinajstić information content (AvgIpc) is 2.70. The lowest BCUT2D eigenvalue weighted by Gasteiger charge is -2.11. The van der Waals surface area contributed by atoms with Crippen molar-refractivity contribution >= 4 is 21.9 Å². The van der Waals surface area contributed by atoms with Gasteiger partial charge in [-0.1, -0.05) is 38.0 Å². The largest absolute Gasteiger partial charge is 0.493 e.